The zero-order valence-electron chi connectivity index (χ0n) is 25.2. The number of likely N-dealkylation sites (tertiary alicyclic amines) is 1. The molecule has 1 unspecified atom stereocenters. The molecule has 1 N–H and O–H groups in total. The van der Waals surface area contributed by atoms with E-state index >= 15 is 0 Å². The summed E-state index contributed by atoms with van der Waals surface area (Å²) in [6, 6.07) is 6.08. The van der Waals surface area contributed by atoms with E-state index in [9.17, 15) is 19.5 Å². The van der Waals surface area contributed by atoms with Gasteiger partial charge >= 0.3 is 0 Å². The van der Waals surface area contributed by atoms with Crippen LogP contribution in [0.15, 0.2) is 48.6 Å². The first-order chi connectivity index (χ1) is 19.3. The molecule has 41 heavy (non-hydrogen) atoms. The van der Waals surface area contributed by atoms with Gasteiger partial charge in [-0.1, -0.05) is 38.2 Å². The van der Waals surface area contributed by atoms with Crippen LogP contribution >= 0.6 is 11.8 Å². The first kappa shape index (κ1) is 29.7. The van der Waals surface area contributed by atoms with Gasteiger partial charge in [0, 0.05) is 29.1 Å². The van der Waals surface area contributed by atoms with Gasteiger partial charge in [-0.15, -0.1) is 11.8 Å². The van der Waals surface area contributed by atoms with E-state index in [0.717, 1.165) is 11.4 Å². The molecule has 0 aromatic heterocycles. The van der Waals surface area contributed by atoms with Crippen LogP contribution in [0.3, 0.4) is 0 Å². The fourth-order valence-electron chi connectivity index (χ4n) is 7.16. The van der Waals surface area contributed by atoms with Crippen LogP contribution in [0.5, 0.6) is 5.75 Å². The minimum absolute atomic E-state index is 0.0792. The first-order valence-electron chi connectivity index (χ1n) is 14.6. The number of fused-ring (bicyclic) bond motifs is 2. The molecular formula is C32H43N3O5S. The Morgan fingerprint density at radius 3 is 2.24 bits per heavy atom. The van der Waals surface area contributed by atoms with Gasteiger partial charge in [-0.2, -0.15) is 0 Å². The Hall–Kier alpha value is -2.78. The average Bonchev–Trinajstić information content (AvgIpc) is 3.15. The van der Waals surface area contributed by atoms with Gasteiger partial charge in [0.1, 0.15) is 11.8 Å². The largest absolute Gasteiger partial charge is 0.494 e. The molecule has 8 nitrogen and oxygen atoms in total. The highest BCUT2D eigenvalue weighted by Gasteiger charge is 2.74. The molecule has 9 heteroatoms. The quantitative estimate of drug-likeness (QED) is 0.513. The summed E-state index contributed by atoms with van der Waals surface area (Å²) in [4.78, 5) is 49.0. The van der Waals surface area contributed by atoms with Gasteiger partial charge in [0.15, 0.2) is 0 Å². The molecule has 6 atom stereocenters. The Kier molecular flexibility index (Phi) is 7.60. The lowest BCUT2D eigenvalue weighted by molar-refractivity contribution is -0.149. The molecule has 2 fully saturated rings. The number of thioether (sulfide) groups is 1. The molecule has 0 aliphatic carbocycles. The Morgan fingerprint density at radius 1 is 1.00 bits per heavy atom. The summed E-state index contributed by atoms with van der Waals surface area (Å²) in [5.41, 5.74) is 0.267. The lowest BCUT2D eigenvalue weighted by Crippen LogP contribution is -2.60. The zero-order chi connectivity index (χ0) is 29.9. The Labute approximate surface area is 247 Å². The van der Waals surface area contributed by atoms with Crippen molar-refractivity contribution in [3.63, 3.8) is 0 Å². The Balaban J connectivity index is 1.64. The van der Waals surface area contributed by atoms with Crippen LogP contribution in [0.2, 0.25) is 0 Å². The number of amides is 3. The van der Waals surface area contributed by atoms with Gasteiger partial charge in [0.2, 0.25) is 17.7 Å². The van der Waals surface area contributed by atoms with Crippen LogP contribution in [-0.2, 0) is 14.4 Å². The van der Waals surface area contributed by atoms with Crippen LogP contribution in [0.25, 0.3) is 0 Å². The Morgan fingerprint density at radius 2 is 1.66 bits per heavy atom. The number of hydrogen-bond donors (Lipinski definition) is 1. The summed E-state index contributed by atoms with van der Waals surface area (Å²) in [5.74, 6) is -1.29. The summed E-state index contributed by atoms with van der Waals surface area (Å²) in [7, 11) is 0. The third-order valence-electron chi connectivity index (χ3n) is 9.08. The highest BCUT2D eigenvalue weighted by molar-refractivity contribution is 8.02. The van der Waals surface area contributed by atoms with Crippen LogP contribution in [0.1, 0.15) is 48.5 Å². The van der Waals surface area contributed by atoms with Crippen molar-refractivity contribution in [3.8, 4) is 5.75 Å². The molecule has 5 rings (SSSR count). The van der Waals surface area contributed by atoms with Crippen molar-refractivity contribution in [1.82, 2.24) is 9.80 Å². The summed E-state index contributed by atoms with van der Waals surface area (Å²) in [5, 5.41) is 10.5. The van der Waals surface area contributed by atoms with E-state index in [4.69, 9.17) is 4.74 Å². The van der Waals surface area contributed by atoms with Crippen molar-refractivity contribution >= 4 is 35.2 Å². The van der Waals surface area contributed by atoms with Crippen molar-refractivity contribution in [2.45, 2.75) is 75.6 Å². The molecule has 4 aliphatic heterocycles. The van der Waals surface area contributed by atoms with E-state index in [1.54, 1.807) is 21.6 Å². The number of aliphatic hydroxyl groups is 1. The maximum Gasteiger partial charge on any atom is 0.247 e. The number of ether oxygens (including phenoxy) is 1. The van der Waals surface area contributed by atoms with E-state index in [1.165, 1.54) is 0 Å². The molecule has 0 radical (unpaired) electrons. The van der Waals surface area contributed by atoms with Crippen molar-refractivity contribution in [2.75, 3.05) is 31.2 Å². The van der Waals surface area contributed by atoms with Crippen LogP contribution < -0.4 is 9.64 Å². The van der Waals surface area contributed by atoms with E-state index in [2.05, 4.69) is 6.08 Å². The molecule has 1 aromatic rings. The van der Waals surface area contributed by atoms with E-state index in [-0.39, 0.29) is 30.2 Å². The van der Waals surface area contributed by atoms with Gasteiger partial charge in [-0.25, -0.2) is 0 Å². The van der Waals surface area contributed by atoms with Gasteiger partial charge < -0.3 is 24.5 Å². The lowest BCUT2D eigenvalue weighted by atomic mass is 9.74. The van der Waals surface area contributed by atoms with Crippen molar-refractivity contribution in [2.24, 2.45) is 17.8 Å². The third kappa shape index (κ3) is 4.60. The number of nitrogens with zero attached hydrogens (tertiary/aromatic N) is 3. The average molecular weight is 582 g/mol. The molecule has 0 bridgehead atoms. The van der Waals surface area contributed by atoms with Gasteiger partial charge in [0.05, 0.1) is 35.8 Å². The fraction of sp³-hybridized carbons (Fsp3) is 0.594. The molecule has 1 aromatic carbocycles. The van der Waals surface area contributed by atoms with Crippen LogP contribution in [0, 0.1) is 17.8 Å². The smallest absolute Gasteiger partial charge is 0.247 e. The van der Waals surface area contributed by atoms with Crippen molar-refractivity contribution < 1.29 is 24.2 Å². The fourth-order valence-corrected chi connectivity index (χ4v) is 9.31. The summed E-state index contributed by atoms with van der Waals surface area (Å²) >= 11 is 1.57. The van der Waals surface area contributed by atoms with Crippen molar-refractivity contribution in [3.05, 3.63) is 48.6 Å². The number of anilines is 1. The van der Waals surface area contributed by atoms with Crippen LogP contribution in [-0.4, -0.2) is 86.0 Å². The maximum absolute atomic E-state index is 14.7. The molecule has 4 heterocycles. The normalized spacial score (nSPS) is 32.2. The predicted octanol–water partition coefficient (Wildman–Crippen LogP) is 3.89. The number of carbonyl (C=O) groups is 3. The number of benzene rings is 1. The topological polar surface area (TPSA) is 90.4 Å². The maximum atomic E-state index is 14.7. The SMILES string of the molecule is CCOc1ccc(N2CC=C[C@]3(C)S[C@]45C=CCN(C(C)(C)C)C(=O)C4N([C@@H](CO)C(C)C)C(=O)[C@@H]5[C@@H]3C2=O)cc1. The molecular weight excluding hydrogens is 538 g/mol. The van der Waals surface area contributed by atoms with E-state index in [1.807, 2.05) is 95.9 Å². The van der Waals surface area contributed by atoms with E-state index < -0.39 is 39.0 Å². The molecule has 0 saturated carbocycles. The van der Waals surface area contributed by atoms with Crippen molar-refractivity contribution in [1.29, 1.82) is 0 Å². The minimum atomic E-state index is -0.947. The highest BCUT2D eigenvalue weighted by Crippen LogP contribution is 2.66. The second-order valence-electron chi connectivity index (χ2n) is 13.0. The second kappa shape index (κ2) is 10.5. The monoisotopic (exact) mass is 581 g/mol. The molecule has 4 aliphatic rings. The summed E-state index contributed by atoms with van der Waals surface area (Å²) in [6.07, 6.45) is 8.10. The second-order valence-corrected chi connectivity index (χ2v) is 14.8. The number of aliphatic hydroxyl groups excluding tert-OH is 1. The lowest BCUT2D eigenvalue weighted by Gasteiger charge is -2.43. The standard InChI is InChI=1S/C32H43N3O5S/c1-8-40-22-13-11-21(12-14-22)33-17-9-15-31(7)24(27(33)37)25-28(38)35(23(19-36)20(2)3)26-29(39)34(30(4,5)6)18-10-16-32(25,26)41-31/h9-16,20,23-26,36H,8,17-19H2,1-7H3/t23-,24+,25-,26?,31-,32-/m0/s1. The van der Waals surface area contributed by atoms with Gasteiger partial charge in [-0.05, 0) is 64.8 Å². The zero-order valence-corrected chi connectivity index (χ0v) is 26.0. The predicted molar refractivity (Wildman–Crippen MR) is 162 cm³/mol. The molecule has 1 spiro atoms. The summed E-state index contributed by atoms with van der Waals surface area (Å²) in [6.45, 7) is 15.0. The highest BCUT2D eigenvalue weighted by atomic mass is 32.2. The molecule has 3 amide bonds. The minimum Gasteiger partial charge on any atom is -0.494 e. The van der Waals surface area contributed by atoms with Gasteiger partial charge in [-0.3, -0.25) is 14.4 Å². The first-order valence-corrected chi connectivity index (χ1v) is 15.5. The third-order valence-corrected chi connectivity index (χ3v) is 10.9. The van der Waals surface area contributed by atoms with E-state index in [0.29, 0.717) is 19.7 Å². The number of carbonyl (C=O) groups excluding carboxylic acids is 3. The molecule has 2 saturated heterocycles. The number of rotatable bonds is 6. The number of hydrogen-bond acceptors (Lipinski definition) is 6. The summed E-state index contributed by atoms with van der Waals surface area (Å²) < 4.78 is 3.95. The van der Waals surface area contributed by atoms with Crippen LogP contribution in [0.4, 0.5) is 5.69 Å². The van der Waals surface area contributed by atoms with Gasteiger partial charge in [0.25, 0.3) is 0 Å². The molecule has 222 valence electrons. The Bertz CT molecular complexity index is 1270.